The third-order valence-corrected chi connectivity index (χ3v) is 5.02. The van der Waals surface area contributed by atoms with E-state index in [1.165, 1.54) is 5.56 Å². The van der Waals surface area contributed by atoms with Crippen molar-refractivity contribution in [3.63, 3.8) is 0 Å². The molecule has 0 spiro atoms. The summed E-state index contributed by atoms with van der Waals surface area (Å²) in [5.74, 6) is 0.471. The summed E-state index contributed by atoms with van der Waals surface area (Å²) in [4.78, 5) is 16.9. The highest BCUT2D eigenvalue weighted by molar-refractivity contribution is 9.10. The van der Waals surface area contributed by atoms with Crippen molar-refractivity contribution in [3.8, 4) is 0 Å². The number of hydrogen-bond acceptors (Lipinski definition) is 2. The largest absolute Gasteiger partial charge is 0.324 e. The molecule has 23 heavy (non-hydrogen) atoms. The van der Waals surface area contributed by atoms with Gasteiger partial charge in [-0.1, -0.05) is 52.3 Å². The number of pyridine rings is 1. The second kappa shape index (κ2) is 5.78. The highest BCUT2D eigenvalue weighted by atomic mass is 79.9. The fourth-order valence-corrected chi connectivity index (χ4v) is 3.47. The molecule has 1 heterocycles. The van der Waals surface area contributed by atoms with Crippen LogP contribution in [0.4, 0.5) is 5.69 Å². The van der Waals surface area contributed by atoms with Crippen molar-refractivity contribution in [2.24, 2.45) is 5.92 Å². The van der Waals surface area contributed by atoms with E-state index in [1.807, 2.05) is 42.5 Å². The maximum Gasteiger partial charge on any atom is 0.228 e. The molecule has 3 aromatic rings. The molecule has 1 amide bonds. The minimum absolute atomic E-state index is 0.0554. The minimum atomic E-state index is 0.0554. The molecule has 0 radical (unpaired) electrons. The van der Waals surface area contributed by atoms with Crippen molar-refractivity contribution in [2.75, 3.05) is 5.32 Å². The van der Waals surface area contributed by atoms with Crippen LogP contribution in [0.1, 0.15) is 17.9 Å². The van der Waals surface area contributed by atoms with E-state index in [-0.39, 0.29) is 11.8 Å². The third-order valence-electron chi connectivity index (χ3n) is 4.33. The van der Waals surface area contributed by atoms with Gasteiger partial charge in [-0.3, -0.25) is 9.78 Å². The summed E-state index contributed by atoms with van der Waals surface area (Å²) < 4.78 is 0.979. The van der Waals surface area contributed by atoms with Crippen LogP contribution < -0.4 is 5.32 Å². The molecule has 4 heteroatoms. The van der Waals surface area contributed by atoms with Gasteiger partial charge in [0, 0.05) is 22.0 Å². The van der Waals surface area contributed by atoms with Gasteiger partial charge in [-0.25, -0.2) is 0 Å². The third kappa shape index (κ3) is 2.75. The zero-order valence-corrected chi connectivity index (χ0v) is 14.0. The molecule has 3 nitrogen and oxygen atoms in total. The quantitative estimate of drug-likeness (QED) is 0.727. The Morgan fingerprint density at radius 2 is 1.91 bits per heavy atom. The van der Waals surface area contributed by atoms with Gasteiger partial charge < -0.3 is 5.32 Å². The lowest BCUT2D eigenvalue weighted by Gasteiger charge is -2.09. The maximum absolute atomic E-state index is 12.5. The normalized spacial score (nSPS) is 19.5. The lowest BCUT2D eigenvalue weighted by molar-refractivity contribution is -0.117. The van der Waals surface area contributed by atoms with Gasteiger partial charge in [0.2, 0.25) is 5.91 Å². The molecule has 0 aliphatic heterocycles. The van der Waals surface area contributed by atoms with Crippen LogP contribution in [0.2, 0.25) is 0 Å². The number of carbonyl (C=O) groups excluding carboxylic acids is 1. The van der Waals surface area contributed by atoms with Crippen molar-refractivity contribution in [1.82, 2.24) is 4.98 Å². The van der Waals surface area contributed by atoms with Crippen LogP contribution in [-0.2, 0) is 4.79 Å². The fraction of sp³-hybridized carbons (Fsp3) is 0.158. The summed E-state index contributed by atoms with van der Waals surface area (Å²) in [5.41, 5.74) is 2.83. The maximum atomic E-state index is 12.5. The smallest absolute Gasteiger partial charge is 0.228 e. The van der Waals surface area contributed by atoms with E-state index in [2.05, 4.69) is 38.4 Å². The van der Waals surface area contributed by atoms with E-state index in [1.54, 1.807) is 6.20 Å². The molecule has 1 N–H and O–H groups in total. The zero-order chi connectivity index (χ0) is 15.8. The number of anilines is 1. The number of fused-ring (bicyclic) bond motifs is 1. The molecule has 2 atom stereocenters. The van der Waals surface area contributed by atoms with Gasteiger partial charge in [-0.2, -0.15) is 0 Å². The number of halogens is 1. The summed E-state index contributed by atoms with van der Waals surface area (Å²) in [5, 5.41) is 4.05. The predicted molar refractivity (Wildman–Crippen MR) is 95.4 cm³/mol. The number of nitrogens with one attached hydrogen (secondary N) is 1. The predicted octanol–water partition coefficient (Wildman–Crippen LogP) is 4.74. The number of nitrogens with zero attached hydrogens (tertiary/aromatic N) is 1. The average molecular weight is 367 g/mol. The summed E-state index contributed by atoms with van der Waals surface area (Å²) in [6.07, 6.45) is 2.66. The number of aromatic nitrogens is 1. The number of carbonyl (C=O) groups is 1. The summed E-state index contributed by atoms with van der Waals surface area (Å²) in [6.45, 7) is 0. The molecule has 0 saturated heterocycles. The van der Waals surface area contributed by atoms with E-state index in [9.17, 15) is 4.79 Å². The summed E-state index contributed by atoms with van der Waals surface area (Å²) in [7, 11) is 0. The first-order chi connectivity index (χ1) is 11.2. The highest BCUT2D eigenvalue weighted by Crippen LogP contribution is 2.48. The molecule has 1 fully saturated rings. The average Bonchev–Trinajstić information content (AvgIpc) is 3.39. The molecular formula is C19H15BrN2O. The van der Waals surface area contributed by atoms with Gasteiger partial charge in [0.05, 0.1) is 11.2 Å². The van der Waals surface area contributed by atoms with Gasteiger partial charge in [-0.15, -0.1) is 0 Å². The molecule has 114 valence electrons. The fourth-order valence-electron chi connectivity index (χ4n) is 3.02. The first-order valence-electron chi connectivity index (χ1n) is 7.63. The number of hydrogen-bond donors (Lipinski definition) is 1. The van der Waals surface area contributed by atoms with Crippen LogP contribution >= 0.6 is 15.9 Å². The summed E-state index contributed by atoms with van der Waals surface area (Å²) >= 11 is 3.53. The van der Waals surface area contributed by atoms with Crippen molar-refractivity contribution in [2.45, 2.75) is 12.3 Å². The molecule has 1 aliphatic carbocycles. The Morgan fingerprint density at radius 1 is 1.09 bits per heavy atom. The molecule has 1 saturated carbocycles. The van der Waals surface area contributed by atoms with Gasteiger partial charge >= 0.3 is 0 Å². The lowest BCUT2D eigenvalue weighted by Crippen LogP contribution is -2.15. The summed E-state index contributed by atoms with van der Waals surface area (Å²) in [6, 6.07) is 18.0. The number of rotatable bonds is 3. The van der Waals surface area contributed by atoms with Crippen LogP contribution in [0.3, 0.4) is 0 Å². The van der Waals surface area contributed by atoms with E-state index >= 15 is 0 Å². The lowest BCUT2D eigenvalue weighted by atomic mass is 10.1. The zero-order valence-electron chi connectivity index (χ0n) is 12.4. The van der Waals surface area contributed by atoms with E-state index in [4.69, 9.17) is 0 Å². The molecule has 0 bridgehead atoms. The molecule has 2 aromatic carbocycles. The van der Waals surface area contributed by atoms with Crippen molar-refractivity contribution >= 4 is 38.4 Å². The molecule has 1 aromatic heterocycles. The van der Waals surface area contributed by atoms with Gasteiger partial charge in [0.25, 0.3) is 0 Å². The first-order valence-corrected chi connectivity index (χ1v) is 8.42. The first kappa shape index (κ1) is 14.4. The van der Waals surface area contributed by atoms with E-state index < -0.39 is 0 Å². The highest BCUT2D eigenvalue weighted by Gasteiger charge is 2.43. The van der Waals surface area contributed by atoms with Crippen molar-refractivity contribution < 1.29 is 4.79 Å². The van der Waals surface area contributed by atoms with Crippen LogP contribution in [-0.4, -0.2) is 10.9 Å². The Bertz CT molecular complexity index is 879. The van der Waals surface area contributed by atoms with E-state index in [0.29, 0.717) is 5.92 Å². The monoisotopic (exact) mass is 366 g/mol. The second-order valence-corrected chi connectivity index (χ2v) is 6.70. The van der Waals surface area contributed by atoms with Crippen LogP contribution in [0, 0.1) is 5.92 Å². The minimum Gasteiger partial charge on any atom is -0.324 e. The second-order valence-electron chi connectivity index (χ2n) is 5.84. The Labute approximate surface area is 142 Å². The van der Waals surface area contributed by atoms with Crippen LogP contribution in [0.25, 0.3) is 10.9 Å². The Hall–Kier alpha value is -2.20. The Morgan fingerprint density at radius 3 is 2.74 bits per heavy atom. The van der Waals surface area contributed by atoms with Gasteiger partial charge in [0.15, 0.2) is 0 Å². The Balaban J connectivity index is 1.56. The number of amides is 1. The molecular weight excluding hydrogens is 352 g/mol. The Kier molecular flexibility index (Phi) is 3.62. The van der Waals surface area contributed by atoms with Crippen LogP contribution in [0.15, 0.2) is 65.3 Å². The standard InChI is InChI=1S/C19H15BrN2O/c20-16-8-9-17(18-13(16)7-4-10-21-18)22-19(23)15-11-14(15)12-5-2-1-3-6-12/h1-10,14-15H,11H2,(H,22,23). The van der Waals surface area contributed by atoms with Crippen molar-refractivity contribution in [3.05, 3.63) is 70.8 Å². The van der Waals surface area contributed by atoms with Crippen molar-refractivity contribution in [1.29, 1.82) is 0 Å². The molecule has 2 unspecified atom stereocenters. The van der Waals surface area contributed by atoms with Gasteiger partial charge in [-0.05, 0) is 36.1 Å². The molecule has 1 aliphatic rings. The van der Waals surface area contributed by atoms with Crippen LogP contribution in [0.5, 0.6) is 0 Å². The topological polar surface area (TPSA) is 42.0 Å². The molecule has 4 rings (SSSR count). The van der Waals surface area contributed by atoms with E-state index in [0.717, 1.165) is 27.5 Å². The van der Waals surface area contributed by atoms with Gasteiger partial charge in [0.1, 0.15) is 0 Å². The SMILES string of the molecule is O=C(Nc1ccc(Br)c2cccnc12)C1CC1c1ccccc1. The number of benzene rings is 2.